The fourth-order valence-corrected chi connectivity index (χ4v) is 0.803. The second kappa shape index (κ2) is 3.46. The van der Waals surface area contributed by atoms with Crippen LogP contribution in [-0.2, 0) is 15.5 Å². The van der Waals surface area contributed by atoms with Crippen molar-refractivity contribution in [2.45, 2.75) is 33.8 Å². The topological polar surface area (TPSA) is 46.5 Å². The summed E-state index contributed by atoms with van der Waals surface area (Å²) < 4.78 is 23.1. The molecule has 0 amide bonds. The molecule has 3 nitrogen and oxygen atoms in total. The van der Waals surface area contributed by atoms with Gasteiger partial charge >= 0.3 is 11.4 Å². The zero-order chi connectivity index (χ0) is 8.36. The maximum Gasteiger partial charge on any atom is 0.302 e. The van der Waals surface area contributed by atoms with Crippen LogP contribution in [0.1, 0.15) is 27.7 Å². The van der Waals surface area contributed by atoms with Crippen molar-refractivity contribution in [3.63, 3.8) is 0 Å². The van der Waals surface area contributed by atoms with E-state index in [-0.39, 0.29) is 11.5 Å². The molecule has 62 valence electrons. The molecule has 0 bridgehead atoms. The molecule has 0 radical (unpaired) electrons. The van der Waals surface area contributed by atoms with Gasteiger partial charge in [-0.05, 0) is 12.3 Å². The maximum absolute atomic E-state index is 10.1. The highest BCUT2D eigenvalue weighted by Crippen LogP contribution is 2.21. The Morgan fingerprint density at radius 1 is 1.50 bits per heavy atom. The molecule has 0 spiro atoms. The highest BCUT2D eigenvalue weighted by Gasteiger charge is 2.22. The average Bonchev–Trinajstić information content (AvgIpc) is 1.60. The van der Waals surface area contributed by atoms with Crippen molar-refractivity contribution in [3.8, 4) is 0 Å². The van der Waals surface area contributed by atoms with E-state index in [9.17, 15) is 4.21 Å². The Morgan fingerprint density at radius 3 is 2.00 bits per heavy atom. The molecule has 0 rings (SSSR count). The summed E-state index contributed by atoms with van der Waals surface area (Å²) in [6.07, 6.45) is -0.210. The number of hydrogen-bond donors (Lipinski definition) is 1. The standard InChI is InChI=1S/C6H14O3S/c1-5(6(2,3)4)9-10(7)8/h5H,1-4H3,(H,7,8). The van der Waals surface area contributed by atoms with E-state index in [4.69, 9.17) is 4.55 Å². The lowest BCUT2D eigenvalue weighted by molar-refractivity contribution is 0.108. The summed E-state index contributed by atoms with van der Waals surface area (Å²) >= 11 is -2.14. The summed E-state index contributed by atoms with van der Waals surface area (Å²) in [5, 5.41) is 0. The third kappa shape index (κ3) is 3.98. The Labute approximate surface area is 64.3 Å². The van der Waals surface area contributed by atoms with E-state index >= 15 is 0 Å². The van der Waals surface area contributed by atoms with Gasteiger partial charge in [0.2, 0.25) is 0 Å². The Balaban J connectivity index is 3.85. The van der Waals surface area contributed by atoms with Crippen LogP contribution in [0, 0.1) is 5.41 Å². The van der Waals surface area contributed by atoms with Gasteiger partial charge in [-0.25, -0.2) is 0 Å². The van der Waals surface area contributed by atoms with Gasteiger partial charge in [0.25, 0.3) is 0 Å². The molecule has 1 N–H and O–H groups in total. The van der Waals surface area contributed by atoms with Crippen LogP contribution in [0.25, 0.3) is 0 Å². The van der Waals surface area contributed by atoms with Crippen LogP contribution in [-0.4, -0.2) is 14.9 Å². The van der Waals surface area contributed by atoms with E-state index in [0.29, 0.717) is 0 Å². The minimum Gasteiger partial charge on any atom is -0.284 e. The minimum absolute atomic E-state index is 0.0849. The lowest BCUT2D eigenvalue weighted by atomic mass is 9.91. The van der Waals surface area contributed by atoms with Crippen LogP contribution in [0.3, 0.4) is 0 Å². The zero-order valence-corrected chi connectivity index (χ0v) is 7.57. The first-order chi connectivity index (χ1) is 4.34. The number of hydrogen-bond acceptors (Lipinski definition) is 2. The summed E-state index contributed by atoms with van der Waals surface area (Å²) in [5.41, 5.74) is -0.0849. The van der Waals surface area contributed by atoms with Gasteiger partial charge in [-0.2, -0.15) is 4.21 Å². The highest BCUT2D eigenvalue weighted by molar-refractivity contribution is 7.74. The molecular weight excluding hydrogens is 152 g/mol. The molecule has 0 aromatic rings. The zero-order valence-electron chi connectivity index (χ0n) is 6.75. The first-order valence-electron chi connectivity index (χ1n) is 3.12. The monoisotopic (exact) mass is 166 g/mol. The molecule has 10 heavy (non-hydrogen) atoms. The first kappa shape index (κ1) is 10.1. The Morgan fingerprint density at radius 2 is 1.90 bits per heavy atom. The fourth-order valence-electron chi connectivity index (χ4n) is 0.268. The quantitative estimate of drug-likeness (QED) is 0.633. The Bertz CT molecular complexity index is 127. The highest BCUT2D eigenvalue weighted by atomic mass is 32.2. The van der Waals surface area contributed by atoms with E-state index in [0.717, 1.165) is 0 Å². The molecule has 4 heteroatoms. The van der Waals surface area contributed by atoms with Gasteiger partial charge in [0.1, 0.15) is 0 Å². The smallest absolute Gasteiger partial charge is 0.284 e. The van der Waals surface area contributed by atoms with E-state index < -0.39 is 11.4 Å². The van der Waals surface area contributed by atoms with Crippen LogP contribution in [0.15, 0.2) is 0 Å². The second-order valence-corrected chi connectivity index (χ2v) is 3.95. The summed E-state index contributed by atoms with van der Waals surface area (Å²) in [6.45, 7) is 7.62. The largest absolute Gasteiger partial charge is 0.302 e. The van der Waals surface area contributed by atoms with Gasteiger partial charge in [0.15, 0.2) is 0 Å². The van der Waals surface area contributed by atoms with E-state index in [1.165, 1.54) is 0 Å². The van der Waals surface area contributed by atoms with Gasteiger partial charge in [-0.3, -0.25) is 8.74 Å². The van der Waals surface area contributed by atoms with Crippen LogP contribution >= 0.6 is 0 Å². The van der Waals surface area contributed by atoms with Gasteiger partial charge in [-0.15, -0.1) is 0 Å². The molecular formula is C6H14O3S. The van der Waals surface area contributed by atoms with Crippen LogP contribution in [0.2, 0.25) is 0 Å². The predicted molar refractivity (Wildman–Crippen MR) is 40.8 cm³/mol. The third-order valence-corrected chi connectivity index (χ3v) is 1.90. The van der Waals surface area contributed by atoms with Gasteiger partial charge in [0, 0.05) is 0 Å². The fraction of sp³-hybridized carbons (Fsp3) is 1.00. The van der Waals surface area contributed by atoms with E-state index in [2.05, 4.69) is 4.18 Å². The molecule has 0 saturated heterocycles. The first-order valence-corrected chi connectivity index (χ1v) is 4.15. The Kier molecular flexibility index (Phi) is 3.48. The average molecular weight is 166 g/mol. The third-order valence-electron chi connectivity index (χ3n) is 1.45. The summed E-state index contributed by atoms with van der Waals surface area (Å²) in [5.74, 6) is 0. The molecule has 0 heterocycles. The van der Waals surface area contributed by atoms with Gasteiger partial charge in [-0.1, -0.05) is 20.8 Å². The second-order valence-electron chi connectivity index (χ2n) is 3.32. The molecule has 0 aliphatic heterocycles. The molecule has 0 aliphatic carbocycles. The predicted octanol–water partition coefficient (Wildman–Crippen LogP) is 1.57. The molecule has 0 saturated carbocycles. The van der Waals surface area contributed by atoms with Crippen molar-refractivity contribution in [1.29, 1.82) is 0 Å². The van der Waals surface area contributed by atoms with Crippen molar-refractivity contribution < 1.29 is 12.9 Å². The maximum atomic E-state index is 10.1. The van der Waals surface area contributed by atoms with Crippen molar-refractivity contribution in [3.05, 3.63) is 0 Å². The summed E-state index contributed by atoms with van der Waals surface area (Å²) in [6, 6.07) is 0. The SMILES string of the molecule is CC(OS(=O)O)C(C)(C)C. The van der Waals surface area contributed by atoms with Crippen molar-refractivity contribution >= 4 is 11.4 Å². The van der Waals surface area contributed by atoms with E-state index in [1.807, 2.05) is 20.8 Å². The lowest BCUT2D eigenvalue weighted by Crippen LogP contribution is -2.26. The van der Waals surface area contributed by atoms with Crippen molar-refractivity contribution in [1.82, 2.24) is 0 Å². The summed E-state index contributed by atoms with van der Waals surface area (Å²) in [4.78, 5) is 0. The Hall–Kier alpha value is 0.0700. The van der Waals surface area contributed by atoms with Crippen LogP contribution < -0.4 is 0 Å². The van der Waals surface area contributed by atoms with Crippen molar-refractivity contribution in [2.24, 2.45) is 5.41 Å². The minimum atomic E-state index is -2.14. The van der Waals surface area contributed by atoms with Crippen molar-refractivity contribution in [2.75, 3.05) is 0 Å². The van der Waals surface area contributed by atoms with E-state index in [1.54, 1.807) is 6.92 Å². The molecule has 0 aliphatic rings. The van der Waals surface area contributed by atoms with Gasteiger partial charge in [0.05, 0.1) is 6.10 Å². The lowest BCUT2D eigenvalue weighted by Gasteiger charge is -2.24. The number of rotatable bonds is 2. The molecule has 0 aromatic heterocycles. The molecule has 2 unspecified atom stereocenters. The summed E-state index contributed by atoms with van der Waals surface area (Å²) in [7, 11) is 0. The molecule has 0 fully saturated rings. The van der Waals surface area contributed by atoms with Crippen LogP contribution in [0.4, 0.5) is 0 Å². The normalized spacial score (nSPS) is 18.5. The van der Waals surface area contributed by atoms with Crippen LogP contribution in [0.5, 0.6) is 0 Å². The molecule has 2 atom stereocenters. The molecule has 0 aromatic carbocycles. The van der Waals surface area contributed by atoms with Gasteiger partial charge < -0.3 is 0 Å².